The van der Waals surface area contributed by atoms with Crippen LogP contribution in [0.15, 0.2) is 112 Å². The lowest BCUT2D eigenvalue weighted by atomic mass is 10.0. The van der Waals surface area contributed by atoms with Crippen LogP contribution in [0.25, 0.3) is 10.8 Å². The Labute approximate surface area is 380 Å². The van der Waals surface area contributed by atoms with Crippen molar-refractivity contribution in [3.63, 3.8) is 0 Å². The summed E-state index contributed by atoms with van der Waals surface area (Å²) in [5, 5.41) is 46.7. The number of benzene rings is 5. The fraction of sp³-hybridized carbons (Fsp3) is 0.205. The number of nitrogen functional groups attached to an aromatic ring is 1. The van der Waals surface area contributed by atoms with E-state index in [9.17, 15) is 54.9 Å². The summed E-state index contributed by atoms with van der Waals surface area (Å²) in [6.45, 7) is 2.21. The Balaban J connectivity index is 1.59. The van der Waals surface area contributed by atoms with Crippen molar-refractivity contribution in [2.24, 2.45) is 30.7 Å². The zero-order valence-electron chi connectivity index (χ0n) is 35.5. The average molecular weight is 985 g/mol. The van der Waals surface area contributed by atoms with E-state index < -0.39 is 107 Å². The number of azo groups is 3. The molecule has 67 heavy (non-hydrogen) atoms. The molecule has 0 saturated heterocycles. The number of fused-ring (bicyclic) bond motifs is 1. The molecule has 0 atom stereocenters. The third-order valence-electron chi connectivity index (χ3n) is 9.08. The molecule has 0 radical (unpaired) electrons. The van der Waals surface area contributed by atoms with Crippen LogP contribution in [0.2, 0.25) is 0 Å². The second kappa shape index (κ2) is 20.9. The number of nitro benzene ring substituents is 1. The fourth-order valence-electron chi connectivity index (χ4n) is 5.90. The first-order valence-corrected chi connectivity index (χ1v) is 22.8. The summed E-state index contributed by atoms with van der Waals surface area (Å²) in [7, 11) is -11.5. The molecule has 0 fully saturated rings. The van der Waals surface area contributed by atoms with E-state index in [4.69, 9.17) is 19.4 Å². The minimum Gasteiger partial charge on any atom is -0.505 e. The highest BCUT2D eigenvalue weighted by atomic mass is 32.2. The van der Waals surface area contributed by atoms with Crippen LogP contribution in [0.3, 0.4) is 0 Å². The Hall–Kier alpha value is -7.34. The second-order valence-electron chi connectivity index (χ2n) is 13.6. The fourth-order valence-corrected chi connectivity index (χ4v) is 8.38. The van der Waals surface area contributed by atoms with Crippen molar-refractivity contribution in [3.05, 3.63) is 88.0 Å². The smallest absolute Gasteiger partial charge is 0.299 e. The van der Waals surface area contributed by atoms with Gasteiger partial charge in [-0.05, 0) is 73.5 Å². The highest BCUT2D eigenvalue weighted by Gasteiger charge is 2.30. The molecule has 0 aliphatic rings. The monoisotopic (exact) mass is 984 g/mol. The molecule has 0 amide bonds. The van der Waals surface area contributed by atoms with Gasteiger partial charge in [-0.1, -0.05) is 6.07 Å². The van der Waals surface area contributed by atoms with Gasteiger partial charge >= 0.3 is 0 Å². The molecule has 5 aromatic rings. The molecular weight excluding hydrogens is 949 g/mol. The Kier molecular flexibility index (Phi) is 15.8. The van der Waals surface area contributed by atoms with Crippen molar-refractivity contribution in [2.75, 3.05) is 40.3 Å². The summed E-state index contributed by atoms with van der Waals surface area (Å²) in [6.07, 6.45) is -0.329. The third kappa shape index (κ3) is 11.7. The summed E-state index contributed by atoms with van der Waals surface area (Å²) in [5.74, 6) is -2.02. The molecule has 5 rings (SSSR count). The second-order valence-corrected chi connectivity index (χ2v) is 18.6. The van der Waals surface area contributed by atoms with Gasteiger partial charge < -0.3 is 20.3 Å². The number of hydrogen-bond donors (Lipinski definition) is 2. The minimum atomic E-state index is -4.89. The van der Waals surface area contributed by atoms with Gasteiger partial charge in [0.15, 0.2) is 23.0 Å². The van der Waals surface area contributed by atoms with Gasteiger partial charge in [0.1, 0.15) is 50.7 Å². The van der Waals surface area contributed by atoms with E-state index in [1.807, 2.05) is 0 Å². The molecule has 352 valence electrons. The number of carbonyl (C=O) groups is 3. The normalized spacial score (nSPS) is 12.4. The average Bonchev–Trinajstić information content (AvgIpc) is 3.28. The maximum Gasteiger partial charge on any atom is 0.299 e. The molecule has 3 N–H and O–H groups in total. The number of nitrogens with zero attached hydrogens (tertiary/aromatic N) is 7. The number of aryl methyl sites for hydroxylation is 1. The van der Waals surface area contributed by atoms with Crippen LogP contribution in [-0.2, 0) is 68.4 Å². The lowest BCUT2D eigenvalue weighted by molar-refractivity contribution is -0.384. The summed E-state index contributed by atoms with van der Waals surface area (Å²) in [6, 6.07) is 12.8. The molecular formula is C39H36N8O17S3. The number of nitrogens with two attached hydrogens (primary N) is 1. The Morgan fingerprint density at radius 3 is 1.96 bits per heavy atom. The summed E-state index contributed by atoms with van der Waals surface area (Å²) < 4.78 is 102. The summed E-state index contributed by atoms with van der Waals surface area (Å²) in [5.41, 5.74) is 4.29. The van der Waals surface area contributed by atoms with Crippen LogP contribution in [0.4, 0.5) is 45.5 Å². The molecule has 0 saturated carbocycles. The van der Waals surface area contributed by atoms with Crippen LogP contribution >= 0.6 is 0 Å². The topological polar surface area (TPSA) is 363 Å². The van der Waals surface area contributed by atoms with E-state index in [-0.39, 0.29) is 53.7 Å². The van der Waals surface area contributed by atoms with Crippen LogP contribution in [0.5, 0.6) is 11.5 Å². The van der Waals surface area contributed by atoms with Crippen LogP contribution in [0, 0.1) is 17.0 Å². The van der Waals surface area contributed by atoms with Gasteiger partial charge in [-0.3, -0.25) is 37.0 Å². The predicted octanol–water partition coefficient (Wildman–Crippen LogP) is 6.85. The number of rotatable bonds is 21. The Morgan fingerprint density at radius 2 is 1.33 bits per heavy atom. The van der Waals surface area contributed by atoms with E-state index in [0.717, 1.165) is 51.7 Å². The number of ketones is 2. The first-order valence-electron chi connectivity index (χ1n) is 18.6. The molecule has 0 aromatic heterocycles. The van der Waals surface area contributed by atoms with Crippen molar-refractivity contribution in [1.29, 1.82) is 0 Å². The number of Topliss-reactive ketones (excluding diaryl/α,β-unsaturated/α-hetero) is 2. The Morgan fingerprint density at radius 1 is 0.731 bits per heavy atom. The number of aromatic hydroxyl groups is 1. The number of nitro groups is 1. The number of hydrogen-bond acceptors (Lipinski definition) is 24. The van der Waals surface area contributed by atoms with Crippen molar-refractivity contribution in [1.82, 2.24) is 0 Å². The first kappa shape index (κ1) is 50.7. The standard InChI is InChI=1S/C39H36N8O17S3/c1-21-12-24(7-10-28(21)42-44-30-11-8-26(64-20-48)15-34(30)66(56,57)61-4)41-45-31-17-33(65(54,55)60-3)27-16-35(67(58,59)62-5)38(39(51)36(27)37(31)40)46-43-29-9-6-23(14-32(29)47(52)53)13-25(50)19-63-18-22(2)49/h6-12,14-17,20,51H,13,18-19,40H2,1-5H3. The van der Waals surface area contributed by atoms with Gasteiger partial charge in [-0.25, -0.2) is 0 Å². The lowest BCUT2D eigenvalue weighted by Crippen LogP contribution is -2.14. The maximum absolute atomic E-state index is 13.3. The SMILES string of the molecule is COS(=O)(=O)c1cc(OC=O)ccc1N=Nc1ccc(N=Nc2cc(S(=O)(=O)OC)c3cc(S(=O)(=O)OC)c(N=Nc4ccc(CC(=O)COCC(C)=O)cc4[N+](=O)[O-])c(O)c3c2N)cc1C. The van der Waals surface area contributed by atoms with Gasteiger partial charge in [-0.15, -0.1) is 20.5 Å². The largest absolute Gasteiger partial charge is 0.505 e. The van der Waals surface area contributed by atoms with Gasteiger partial charge in [0, 0.05) is 23.9 Å². The predicted molar refractivity (Wildman–Crippen MR) is 233 cm³/mol. The zero-order chi connectivity index (χ0) is 49.4. The van der Waals surface area contributed by atoms with Crippen molar-refractivity contribution in [2.45, 2.75) is 35.0 Å². The van der Waals surface area contributed by atoms with Gasteiger partial charge in [0.05, 0.1) is 48.7 Å². The number of phenols is 1. The summed E-state index contributed by atoms with van der Waals surface area (Å²) in [4.78, 5) is 43.3. The molecule has 0 aliphatic heterocycles. The molecule has 0 heterocycles. The minimum absolute atomic E-state index is 0.103. The molecule has 0 spiro atoms. The van der Waals surface area contributed by atoms with Crippen molar-refractivity contribution in [3.8, 4) is 11.5 Å². The zero-order valence-corrected chi connectivity index (χ0v) is 37.9. The van der Waals surface area contributed by atoms with Gasteiger partial charge in [0.25, 0.3) is 42.5 Å². The van der Waals surface area contributed by atoms with E-state index in [1.54, 1.807) is 6.92 Å². The molecule has 28 heteroatoms. The lowest BCUT2D eigenvalue weighted by Gasteiger charge is -2.15. The van der Waals surface area contributed by atoms with E-state index in [0.29, 0.717) is 5.56 Å². The number of phenolic OH excluding ortho intramolecular Hbond substituents is 1. The van der Waals surface area contributed by atoms with Gasteiger partial charge in [-0.2, -0.15) is 35.5 Å². The third-order valence-corrected chi connectivity index (χ3v) is 13.0. The van der Waals surface area contributed by atoms with Crippen molar-refractivity contribution >= 4 is 105 Å². The molecule has 0 aliphatic carbocycles. The highest BCUT2D eigenvalue weighted by molar-refractivity contribution is 7.87. The van der Waals surface area contributed by atoms with Crippen LogP contribution in [0.1, 0.15) is 18.1 Å². The highest BCUT2D eigenvalue weighted by Crippen LogP contribution is 2.49. The van der Waals surface area contributed by atoms with E-state index >= 15 is 0 Å². The maximum atomic E-state index is 13.3. The molecule has 0 unspecified atom stereocenters. The number of anilines is 1. The van der Waals surface area contributed by atoms with Crippen LogP contribution in [-0.4, -0.2) is 87.9 Å². The molecule has 25 nitrogen and oxygen atoms in total. The Bertz CT molecular complexity index is 3270. The van der Waals surface area contributed by atoms with Gasteiger partial charge in [0.2, 0.25) is 0 Å². The van der Waals surface area contributed by atoms with E-state index in [2.05, 4.69) is 39.1 Å². The van der Waals surface area contributed by atoms with Crippen LogP contribution < -0.4 is 10.5 Å². The number of carbonyl (C=O) groups excluding carboxylic acids is 3. The van der Waals surface area contributed by atoms with Crippen molar-refractivity contribution < 1.29 is 71.7 Å². The first-order chi connectivity index (χ1) is 31.6. The quantitative estimate of drug-likeness (QED) is 0.0189. The van der Waals surface area contributed by atoms with E-state index in [1.165, 1.54) is 43.3 Å². The number of ether oxygens (including phenoxy) is 2. The summed E-state index contributed by atoms with van der Waals surface area (Å²) >= 11 is 0. The molecule has 5 aromatic carbocycles. The molecule has 0 bridgehead atoms.